The summed E-state index contributed by atoms with van der Waals surface area (Å²) < 4.78 is 1.87. The zero-order valence-corrected chi connectivity index (χ0v) is 22.0. The molecule has 4 nitrogen and oxygen atoms in total. The lowest BCUT2D eigenvalue weighted by Gasteiger charge is -2.38. The zero-order chi connectivity index (χ0) is 22.8. The maximum absolute atomic E-state index is 13.2. The monoisotopic (exact) mass is 455 g/mol. The highest BCUT2D eigenvalue weighted by molar-refractivity contribution is 7.98. The lowest BCUT2D eigenvalue weighted by Crippen LogP contribution is -2.43. The van der Waals surface area contributed by atoms with Crippen molar-refractivity contribution in [2.75, 3.05) is 6.26 Å². The van der Waals surface area contributed by atoms with Crippen LogP contribution in [0.25, 0.3) is 11.0 Å². The number of nitrogens with zero attached hydrogens (tertiary/aromatic N) is 3. The number of hydrogen-bond donors (Lipinski definition) is 0. The molecule has 0 radical (unpaired) electrons. The molecule has 0 aliphatic heterocycles. The predicted octanol–water partition coefficient (Wildman–Crippen LogP) is 6.27. The van der Waals surface area contributed by atoms with E-state index in [0.29, 0.717) is 27.7 Å². The summed E-state index contributed by atoms with van der Waals surface area (Å²) in [6.07, 6.45) is 8.75. The fourth-order valence-corrected chi connectivity index (χ4v) is 11.1. The summed E-state index contributed by atoms with van der Waals surface area (Å²) in [5, 5.41) is 1.61. The van der Waals surface area contributed by atoms with Gasteiger partial charge in [-0.3, -0.25) is 9.36 Å². The fourth-order valence-electron chi connectivity index (χ4n) is 5.57. The summed E-state index contributed by atoms with van der Waals surface area (Å²) in [7, 11) is -1.89. The first-order valence-electron chi connectivity index (χ1n) is 11.7. The van der Waals surface area contributed by atoms with Crippen molar-refractivity contribution in [1.82, 2.24) is 14.5 Å². The molecule has 1 fully saturated rings. The van der Waals surface area contributed by atoms with E-state index in [-0.39, 0.29) is 5.56 Å². The van der Waals surface area contributed by atoms with Gasteiger partial charge in [0.15, 0.2) is 5.16 Å². The predicted molar refractivity (Wildman–Crippen MR) is 135 cm³/mol. The molecule has 0 atom stereocenters. The molecule has 6 heteroatoms. The molecule has 31 heavy (non-hydrogen) atoms. The Hall–Kier alpha value is -1.58. The largest absolute Gasteiger partial charge is 0.292 e. The van der Waals surface area contributed by atoms with Crippen LogP contribution < -0.4 is 5.56 Å². The smallest absolute Gasteiger partial charge is 0.253 e. The van der Waals surface area contributed by atoms with Crippen molar-refractivity contribution in [3.63, 3.8) is 0 Å². The summed E-state index contributed by atoms with van der Waals surface area (Å²) in [5.41, 5.74) is 6.96. The molecule has 0 spiro atoms. The summed E-state index contributed by atoms with van der Waals surface area (Å²) in [6.45, 7) is 14.6. The van der Waals surface area contributed by atoms with E-state index in [2.05, 4.69) is 58.0 Å². The van der Waals surface area contributed by atoms with E-state index in [9.17, 15) is 4.79 Å². The van der Waals surface area contributed by atoms with Gasteiger partial charge in [0.2, 0.25) is 0 Å². The van der Waals surface area contributed by atoms with E-state index >= 15 is 0 Å². The van der Waals surface area contributed by atoms with E-state index in [1.165, 1.54) is 37.4 Å². The number of aromatic nitrogens is 3. The molecule has 2 aromatic rings. The molecular weight excluding hydrogens is 418 g/mol. The van der Waals surface area contributed by atoms with Crippen molar-refractivity contribution < 1.29 is 0 Å². The third kappa shape index (κ3) is 4.78. The van der Waals surface area contributed by atoms with Gasteiger partial charge in [-0.2, -0.15) is 0 Å². The van der Waals surface area contributed by atoms with Crippen LogP contribution in [0.3, 0.4) is 0 Å². The van der Waals surface area contributed by atoms with Crippen LogP contribution in [0.1, 0.15) is 72.8 Å². The number of hydrogen-bond acceptors (Lipinski definition) is 4. The Kier molecular flexibility index (Phi) is 7.70. The van der Waals surface area contributed by atoms with Gasteiger partial charge in [-0.25, -0.2) is 9.97 Å². The minimum absolute atomic E-state index is 0.0142. The molecule has 3 rings (SSSR count). The van der Waals surface area contributed by atoms with Crippen molar-refractivity contribution in [2.24, 2.45) is 5.92 Å². The summed E-state index contributed by atoms with van der Waals surface area (Å²) >= 11 is 1.51. The van der Waals surface area contributed by atoms with Crippen LogP contribution in [-0.4, -0.2) is 28.9 Å². The van der Waals surface area contributed by atoms with Crippen LogP contribution in [-0.2, 0) is 6.54 Å². The summed E-state index contributed by atoms with van der Waals surface area (Å²) in [5.74, 6) is 4.05. The maximum Gasteiger partial charge on any atom is 0.253 e. The van der Waals surface area contributed by atoms with Crippen LogP contribution in [0.4, 0.5) is 0 Å². The van der Waals surface area contributed by atoms with Gasteiger partial charge in [0.05, 0.1) is 5.39 Å². The molecule has 0 aromatic carbocycles. The normalized spacial score (nSPS) is 15.3. The van der Waals surface area contributed by atoms with Gasteiger partial charge in [0, 0.05) is 24.4 Å². The first-order valence-corrected chi connectivity index (χ1v) is 15.1. The van der Waals surface area contributed by atoms with Crippen molar-refractivity contribution in [3.05, 3.63) is 28.2 Å². The standard InChI is InChI=1S/C25H37N3OSSi/c1-17(2)31(18(3)4,19(5)6)13-12-21-14-23(29)28(16-20-10-8-9-11-20)24-22(21)15-26-25(27-24)30-7/h14-15,17-20H,8-11,16H2,1-7H3. The summed E-state index contributed by atoms with van der Waals surface area (Å²) in [6, 6.07) is 1.73. The Morgan fingerprint density at radius 1 is 1.13 bits per heavy atom. The van der Waals surface area contributed by atoms with Crippen molar-refractivity contribution >= 4 is 30.9 Å². The lowest BCUT2D eigenvalue weighted by molar-refractivity contribution is 0.455. The average molecular weight is 456 g/mol. The van der Waals surface area contributed by atoms with Gasteiger partial charge in [0.25, 0.3) is 5.56 Å². The average Bonchev–Trinajstić information content (AvgIpc) is 3.23. The molecule has 1 aliphatic carbocycles. The Morgan fingerprint density at radius 2 is 1.74 bits per heavy atom. The van der Waals surface area contributed by atoms with Crippen molar-refractivity contribution in [1.29, 1.82) is 0 Å². The molecule has 0 unspecified atom stereocenters. The second-order valence-corrected chi connectivity index (χ2v) is 16.3. The highest BCUT2D eigenvalue weighted by Gasteiger charge is 2.41. The Labute approximate surface area is 192 Å². The van der Waals surface area contributed by atoms with Gasteiger partial charge in [-0.15, -0.1) is 5.54 Å². The second kappa shape index (κ2) is 9.91. The molecule has 0 bridgehead atoms. The Balaban J connectivity index is 2.19. The highest BCUT2D eigenvalue weighted by atomic mass is 32.2. The molecule has 0 amide bonds. The van der Waals surface area contributed by atoms with E-state index in [4.69, 9.17) is 4.98 Å². The van der Waals surface area contributed by atoms with Crippen LogP contribution in [0.5, 0.6) is 0 Å². The molecule has 2 heterocycles. The van der Waals surface area contributed by atoms with E-state index in [1.54, 1.807) is 6.07 Å². The van der Waals surface area contributed by atoms with Crippen molar-refractivity contribution in [3.8, 4) is 11.5 Å². The van der Waals surface area contributed by atoms with Crippen LogP contribution in [0, 0.1) is 17.4 Å². The van der Waals surface area contributed by atoms with Gasteiger partial charge in [0.1, 0.15) is 13.7 Å². The quantitative estimate of drug-likeness (QED) is 0.223. The third-order valence-electron chi connectivity index (χ3n) is 7.20. The molecule has 0 N–H and O–H groups in total. The first-order chi connectivity index (χ1) is 14.7. The van der Waals surface area contributed by atoms with E-state index in [0.717, 1.165) is 23.1 Å². The number of thioether (sulfide) groups is 1. The number of rotatable bonds is 6. The minimum atomic E-state index is -1.89. The van der Waals surface area contributed by atoms with Gasteiger partial charge in [-0.1, -0.05) is 72.1 Å². The van der Waals surface area contributed by atoms with Gasteiger partial charge >= 0.3 is 0 Å². The SMILES string of the molecule is CSc1ncc2c(C#C[Si](C(C)C)(C(C)C)C(C)C)cc(=O)n(CC3CCCC3)c2n1. The van der Waals surface area contributed by atoms with E-state index in [1.807, 2.05) is 17.0 Å². The van der Waals surface area contributed by atoms with E-state index < -0.39 is 8.07 Å². The molecule has 1 aliphatic rings. The maximum atomic E-state index is 13.2. The topological polar surface area (TPSA) is 47.8 Å². The molecular formula is C25H37N3OSSi. The third-order valence-corrected chi connectivity index (χ3v) is 14.1. The molecule has 168 valence electrons. The Morgan fingerprint density at radius 3 is 2.29 bits per heavy atom. The van der Waals surface area contributed by atoms with Crippen LogP contribution in [0.15, 0.2) is 22.2 Å². The fraction of sp³-hybridized carbons (Fsp3) is 0.640. The van der Waals surface area contributed by atoms with Gasteiger partial charge in [-0.05, 0) is 41.6 Å². The Bertz CT molecular complexity index is 1020. The lowest BCUT2D eigenvalue weighted by atomic mass is 10.1. The molecule has 0 saturated heterocycles. The highest BCUT2D eigenvalue weighted by Crippen LogP contribution is 2.40. The zero-order valence-electron chi connectivity index (χ0n) is 20.2. The molecule has 1 saturated carbocycles. The van der Waals surface area contributed by atoms with Crippen LogP contribution >= 0.6 is 11.8 Å². The van der Waals surface area contributed by atoms with Crippen LogP contribution in [0.2, 0.25) is 16.6 Å². The van der Waals surface area contributed by atoms with Gasteiger partial charge < -0.3 is 0 Å². The molecule has 2 aromatic heterocycles. The van der Waals surface area contributed by atoms with Crippen molar-refractivity contribution in [2.45, 2.75) is 95.6 Å². The minimum Gasteiger partial charge on any atom is -0.292 e. The summed E-state index contributed by atoms with van der Waals surface area (Å²) in [4.78, 5) is 22.5. The number of fused-ring (bicyclic) bond motifs is 1. The number of pyridine rings is 1. The second-order valence-electron chi connectivity index (χ2n) is 9.90. The first kappa shape index (κ1) is 24.1.